The third kappa shape index (κ3) is 3.54. The second-order valence-corrected chi connectivity index (χ2v) is 6.91. The van der Waals surface area contributed by atoms with Crippen LogP contribution in [0.25, 0.3) is 0 Å². The fourth-order valence-electron chi connectivity index (χ4n) is 3.58. The molecule has 0 radical (unpaired) electrons. The molecule has 1 amide bonds. The number of amides is 1. The number of nitrogens with zero attached hydrogens (tertiary/aromatic N) is 2. The Hall–Kier alpha value is -2.33. The Balaban J connectivity index is 1.44. The first-order valence-corrected chi connectivity index (χ1v) is 9.00. The van der Waals surface area contributed by atoms with E-state index in [1.165, 1.54) is 24.0 Å². The molecule has 0 saturated heterocycles. The molecule has 2 aromatic carbocycles. The van der Waals surface area contributed by atoms with Crippen LogP contribution in [0.1, 0.15) is 24.0 Å². The van der Waals surface area contributed by atoms with Gasteiger partial charge in [0.2, 0.25) is 5.91 Å². The zero-order valence-electron chi connectivity index (χ0n) is 14.6. The first kappa shape index (κ1) is 16.2. The molecule has 0 unspecified atom stereocenters. The van der Waals surface area contributed by atoms with Crippen LogP contribution < -0.4 is 9.64 Å². The fraction of sp³-hybridized carbons (Fsp3) is 0.381. The summed E-state index contributed by atoms with van der Waals surface area (Å²) >= 11 is 0. The second-order valence-electron chi connectivity index (χ2n) is 6.91. The molecule has 0 atom stereocenters. The molecule has 2 aromatic rings. The van der Waals surface area contributed by atoms with Crippen molar-refractivity contribution in [2.45, 2.75) is 31.8 Å². The van der Waals surface area contributed by atoms with Gasteiger partial charge >= 0.3 is 0 Å². The Morgan fingerprint density at radius 1 is 1.16 bits per heavy atom. The SMILES string of the molecule is COc1ccc(CN(CC(=O)N2CCc3ccccc32)C2CC2)cc1. The lowest BCUT2D eigenvalue weighted by atomic mass is 10.2. The number of methoxy groups -OCH3 is 1. The van der Waals surface area contributed by atoms with E-state index in [1.54, 1.807) is 7.11 Å². The molecule has 1 saturated carbocycles. The minimum absolute atomic E-state index is 0.213. The van der Waals surface area contributed by atoms with Crippen molar-refractivity contribution in [3.63, 3.8) is 0 Å². The standard InChI is InChI=1S/C21H24N2O2/c1-25-19-10-6-16(7-11-19)14-22(18-8-9-18)15-21(24)23-13-12-17-4-2-3-5-20(17)23/h2-7,10-11,18H,8-9,12-15H2,1H3. The summed E-state index contributed by atoms with van der Waals surface area (Å²) in [6.45, 7) is 2.11. The number of para-hydroxylation sites is 1. The van der Waals surface area contributed by atoms with Crippen molar-refractivity contribution in [2.75, 3.05) is 25.1 Å². The zero-order chi connectivity index (χ0) is 17.2. The highest BCUT2D eigenvalue weighted by Gasteiger charge is 2.33. The fourth-order valence-corrected chi connectivity index (χ4v) is 3.58. The molecule has 4 rings (SSSR count). The van der Waals surface area contributed by atoms with Gasteiger partial charge in [0.05, 0.1) is 13.7 Å². The molecule has 1 fully saturated rings. The Bertz CT molecular complexity index is 753. The Kier molecular flexibility index (Phi) is 4.45. The lowest BCUT2D eigenvalue weighted by molar-refractivity contribution is -0.119. The minimum Gasteiger partial charge on any atom is -0.497 e. The van der Waals surface area contributed by atoms with E-state index >= 15 is 0 Å². The average Bonchev–Trinajstić information content (AvgIpc) is 3.40. The van der Waals surface area contributed by atoms with Crippen molar-refractivity contribution < 1.29 is 9.53 Å². The molecule has 0 aromatic heterocycles. The van der Waals surface area contributed by atoms with Crippen LogP contribution in [-0.2, 0) is 17.8 Å². The topological polar surface area (TPSA) is 32.8 Å². The van der Waals surface area contributed by atoms with Crippen LogP contribution in [0.3, 0.4) is 0 Å². The molecule has 130 valence electrons. The maximum atomic E-state index is 12.9. The number of carbonyl (C=O) groups excluding carboxylic acids is 1. The highest BCUT2D eigenvalue weighted by molar-refractivity contribution is 5.96. The molecule has 2 aliphatic rings. The monoisotopic (exact) mass is 336 g/mol. The van der Waals surface area contributed by atoms with Gasteiger partial charge in [0, 0.05) is 24.8 Å². The van der Waals surface area contributed by atoms with Gasteiger partial charge in [0.1, 0.15) is 5.75 Å². The molecule has 1 heterocycles. The Labute approximate surface area is 149 Å². The van der Waals surface area contributed by atoms with Crippen LogP contribution >= 0.6 is 0 Å². The number of benzene rings is 2. The smallest absolute Gasteiger partial charge is 0.241 e. The van der Waals surface area contributed by atoms with E-state index in [4.69, 9.17) is 4.74 Å². The van der Waals surface area contributed by atoms with Crippen LogP contribution in [0, 0.1) is 0 Å². The number of hydrogen-bond donors (Lipinski definition) is 0. The predicted octanol–water partition coefficient (Wildman–Crippen LogP) is 3.25. The van der Waals surface area contributed by atoms with Crippen LogP contribution in [0.2, 0.25) is 0 Å². The van der Waals surface area contributed by atoms with Gasteiger partial charge in [0.25, 0.3) is 0 Å². The highest BCUT2D eigenvalue weighted by Crippen LogP contribution is 2.31. The molecule has 1 aliphatic heterocycles. The van der Waals surface area contributed by atoms with E-state index in [0.717, 1.165) is 30.9 Å². The predicted molar refractivity (Wildman–Crippen MR) is 98.9 cm³/mol. The van der Waals surface area contributed by atoms with Crippen LogP contribution in [0.5, 0.6) is 5.75 Å². The van der Waals surface area contributed by atoms with E-state index < -0.39 is 0 Å². The van der Waals surface area contributed by atoms with E-state index in [2.05, 4.69) is 29.2 Å². The summed E-state index contributed by atoms with van der Waals surface area (Å²) in [6, 6.07) is 16.9. The molecule has 0 bridgehead atoms. The van der Waals surface area contributed by atoms with Gasteiger partial charge in [-0.05, 0) is 48.6 Å². The summed E-state index contributed by atoms with van der Waals surface area (Å²) < 4.78 is 5.22. The van der Waals surface area contributed by atoms with E-state index in [-0.39, 0.29) is 5.91 Å². The number of anilines is 1. The van der Waals surface area contributed by atoms with Crippen LogP contribution in [0.4, 0.5) is 5.69 Å². The van der Waals surface area contributed by atoms with E-state index in [9.17, 15) is 4.79 Å². The van der Waals surface area contributed by atoms with Gasteiger partial charge in [-0.1, -0.05) is 30.3 Å². The lowest BCUT2D eigenvalue weighted by Crippen LogP contribution is -2.40. The molecular formula is C21H24N2O2. The minimum atomic E-state index is 0.213. The summed E-state index contributed by atoms with van der Waals surface area (Å²) in [4.78, 5) is 17.2. The van der Waals surface area contributed by atoms with Crippen LogP contribution in [0.15, 0.2) is 48.5 Å². The molecular weight excluding hydrogens is 312 g/mol. The molecule has 25 heavy (non-hydrogen) atoms. The molecule has 1 aliphatic carbocycles. The maximum Gasteiger partial charge on any atom is 0.241 e. The quantitative estimate of drug-likeness (QED) is 0.812. The van der Waals surface area contributed by atoms with Gasteiger partial charge in [-0.25, -0.2) is 0 Å². The van der Waals surface area contributed by atoms with Gasteiger partial charge < -0.3 is 9.64 Å². The summed E-state index contributed by atoms with van der Waals surface area (Å²) in [5.41, 5.74) is 3.60. The number of carbonyl (C=O) groups is 1. The third-order valence-corrected chi connectivity index (χ3v) is 5.13. The second kappa shape index (κ2) is 6.89. The van der Waals surface area contributed by atoms with E-state index in [0.29, 0.717) is 12.6 Å². The third-order valence-electron chi connectivity index (χ3n) is 5.13. The number of rotatable bonds is 6. The van der Waals surface area contributed by atoms with Gasteiger partial charge in [-0.15, -0.1) is 0 Å². The summed E-state index contributed by atoms with van der Waals surface area (Å²) in [6.07, 6.45) is 3.35. The average molecular weight is 336 g/mol. The van der Waals surface area contributed by atoms with Gasteiger partial charge in [0.15, 0.2) is 0 Å². The van der Waals surface area contributed by atoms with Crippen molar-refractivity contribution >= 4 is 11.6 Å². The van der Waals surface area contributed by atoms with Crippen molar-refractivity contribution in [2.24, 2.45) is 0 Å². The number of hydrogen-bond acceptors (Lipinski definition) is 3. The van der Waals surface area contributed by atoms with Gasteiger partial charge in [-0.3, -0.25) is 9.69 Å². The van der Waals surface area contributed by atoms with E-state index in [1.807, 2.05) is 29.2 Å². The zero-order valence-corrected chi connectivity index (χ0v) is 14.6. The lowest BCUT2D eigenvalue weighted by Gasteiger charge is -2.25. The highest BCUT2D eigenvalue weighted by atomic mass is 16.5. The largest absolute Gasteiger partial charge is 0.497 e. The number of fused-ring (bicyclic) bond motifs is 1. The molecule has 0 N–H and O–H groups in total. The summed E-state index contributed by atoms with van der Waals surface area (Å²) in [5, 5.41) is 0. The first-order chi connectivity index (χ1) is 12.2. The maximum absolute atomic E-state index is 12.9. The normalized spacial score (nSPS) is 16.2. The molecule has 4 nitrogen and oxygen atoms in total. The van der Waals surface area contributed by atoms with Crippen molar-refractivity contribution in [3.05, 3.63) is 59.7 Å². The van der Waals surface area contributed by atoms with Crippen LogP contribution in [-0.4, -0.2) is 37.0 Å². The van der Waals surface area contributed by atoms with Gasteiger partial charge in [-0.2, -0.15) is 0 Å². The number of ether oxygens (including phenoxy) is 1. The molecule has 4 heteroatoms. The Morgan fingerprint density at radius 2 is 1.92 bits per heavy atom. The van der Waals surface area contributed by atoms with Crippen molar-refractivity contribution in [1.82, 2.24) is 4.90 Å². The van der Waals surface area contributed by atoms with Crippen molar-refractivity contribution in [1.29, 1.82) is 0 Å². The Morgan fingerprint density at radius 3 is 2.64 bits per heavy atom. The van der Waals surface area contributed by atoms with Crippen molar-refractivity contribution in [3.8, 4) is 5.75 Å². The first-order valence-electron chi connectivity index (χ1n) is 9.00. The summed E-state index contributed by atoms with van der Waals surface area (Å²) in [7, 11) is 1.68. The summed E-state index contributed by atoms with van der Waals surface area (Å²) in [5.74, 6) is 1.08. The molecule has 0 spiro atoms.